The van der Waals surface area contributed by atoms with Crippen molar-refractivity contribution in [3.05, 3.63) is 22.7 Å². The maximum Gasteiger partial charge on any atom is 0.351 e. The number of ether oxygens (including phenoxy) is 2. The molecule has 0 unspecified atom stereocenters. The standard InChI is InChI=1S/C20H34O4.C11H16N4O6/c1-17(11-21)15-4-3-13-9-14-10-19(13,7-8-20(14,24)12-22)18(15,2)6-5-16(17)23;12-3-7(17)21-9-8(18)5(4-16)20-10(9)15-2-1-6(13)14-11(15)19/h13-16,21-24H,3-12H2,1-2H3;1-2,5,8-10,16,18H,3-4,12H2,(H2,13,14,19)/t13-,14+,15-,16+,17-,18-,19-,20-;5-,8-,9+,10-/m01/s1. The van der Waals surface area contributed by atoms with Crippen LogP contribution in [0.1, 0.15) is 71.4 Å². The summed E-state index contributed by atoms with van der Waals surface area (Å²) in [6, 6.07) is 1.35. The summed E-state index contributed by atoms with van der Waals surface area (Å²) >= 11 is 0. The minimum Gasteiger partial charge on any atom is -0.454 e. The molecule has 2 heterocycles. The molecule has 4 saturated carbocycles. The van der Waals surface area contributed by atoms with Crippen molar-refractivity contribution in [2.75, 3.05) is 32.1 Å². The first-order valence-electron chi connectivity index (χ1n) is 16.0. The molecule has 14 nitrogen and oxygen atoms in total. The number of carbonyl (C=O) groups excluding carboxylic acids is 1. The Bertz CT molecular complexity index is 1300. The lowest BCUT2D eigenvalue weighted by Crippen LogP contribution is -2.63. The molecule has 14 heteroatoms. The molecule has 5 aliphatic rings. The highest BCUT2D eigenvalue weighted by atomic mass is 16.6. The van der Waals surface area contributed by atoms with E-state index in [1.54, 1.807) is 0 Å². The summed E-state index contributed by atoms with van der Waals surface area (Å²) in [5.41, 5.74) is 8.85. The Labute approximate surface area is 262 Å². The van der Waals surface area contributed by atoms with Crippen LogP contribution in [0.3, 0.4) is 0 Å². The molecule has 12 atom stereocenters. The molecule has 45 heavy (non-hydrogen) atoms. The molecule has 2 bridgehead atoms. The van der Waals surface area contributed by atoms with Gasteiger partial charge in [-0.2, -0.15) is 4.98 Å². The predicted octanol–water partition coefficient (Wildman–Crippen LogP) is -0.968. The van der Waals surface area contributed by atoms with Crippen molar-refractivity contribution in [2.24, 2.45) is 39.7 Å². The van der Waals surface area contributed by atoms with Crippen molar-refractivity contribution in [3.63, 3.8) is 0 Å². The molecule has 1 aromatic heterocycles. The molecule has 254 valence electrons. The fraction of sp³-hybridized carbons (Fsp3) is 0.839. The molecule has 4 aliphatic carbocycles. The van der Waals surface area contributed by atoms with Crippen molar-refractivity contribution < 1.29 is 44.9 Å². The maximum absolute atomic E-state index is 11.8. The van der Waals surface area contributed by atoms with E-state index in [0.717, 1.165) is 49.5 Å². The Kier molecular flexibility index (Phi) is 9.46. The number of aliphatic hydroxyl groups is 6. The number of esters is 1. The smallest absolute Gasteiger partial charge is 0.351 e. The molecular formula is C31H50N4O10. The number of anilines is 1. The average molecular weight is 639 g/mol. The Hall–Kier alpha value is -2.17. The van der Waals surface area contributed by atoms with E-state index in [-0.39, 0.29) is 35.8 Å². The van der Waals surface area contributed by atoms with Gasteiger partial charge in [0.05, 0.1) is 38.1 Å². The van der Waals surface area contributed by atoms with Crippen LogP contribution in [0.4, 0.5) is 5.82 Å². The van der Waals surface area contributed by atoms with Gasteiger partial charge >= 0.3 is 11.7 Å². The third-order valence-corrected chi connectivity index (χ3v) is 12.6. The zero-order valence-electron chi connectivity index (χ0n) is 26.1. The summed E-state index contributed by atoms with van der Waals surface area (Å²) in [5.74, 6) is 0.423. The number of hydrogen-bond acceptors (Lipinski definition) is 13. The molecule has 0 radical (unpaired) electrons. The molecule has 1 aliphatic heterocycles. The second-order valence-corrected chi connectivity index (χ2v) is 14.5. The van der Waals surface area contributed by atoms with Crippen LogP contribution in [0.25, 0.3) is 0 Å². The number of nitrogen functional groups attached to an aromatic ring is 1. The van der Waals surface area contributed by atoms with Gasteiger partial charge in [0, 0.05) is 11.6 Å². The number of nitrogens with zero attached hydrogens (tertiary/aromatic N) is 2. The Morgan fingerprint density at radius 3 is 2.47 bits per heavy atom. The van der Waals surface area contributed by atoms with Crippen LogP contribution in [-0.2, 0) is 14.3 Å². The first-order valence-corrected chi connectivity index (χ1v) is 16.0. The number of rotatable bonds is 6. The molecule has 10 N–H and O–H groups in total. The minimum atomic E-state index is -1.31. The highest BCUT2D eigenvalue weighted by Crippen LogP contribution is 2.75. The number of fused-ring (bicyclic) bond motifs is 2. The first kappa shape index (κ1) is 34.2. The number of aromatic nitrogens is 2. The third-order valence-electron chi connectivity index (χ3n) is 12.6. The van der Waals surface area contributed by atoms with Gasteiger partial charge in [-0.3, -0.25) is 9.36 Å². The second-order valence-electron chi connectivity index (χ2n) is 14.5. The first-order chi connectivity index (χ1) is 21.2. The van der Waals surface area contributed by atoms with Crippen molar-refractivity contribution in [1.29, 1.82) is 0 Å². The summed E-state index contributed by atoms with van der Waals surface area (Å²) in [5, 5.41) is 60.5. The predicted molar refractivity (Wildman–Crippen MR) is 160 cm³/mol. The molecule has 1 saturated heterocycles. The van der Waals surface area contributed by atoms with E-state index >= 15 is 0 Å². The van der Waals surface area contributed by atoms with Crippen LogP contribution in [0.2, 0.25) is 0 Å². The quantitative estimate of drug-likeness (QED) is 0.175. The van der Waals surface area contributed by atoms with Gasteiger partial charge in [-0.25, -0.2) is 4.79 Å². The molecule has 0 amide bonds. The maximum atomic E-state index is 11.8. The van der Waals surface area contributed by atoms with Crippen LogP contribution in [0.15, 0.2) is 17.1 Å². The number of carbonyl (C=O) groups is 1. The summed E-state index contributed by atoms with van der Waals surface area (Å²) in [6.07, 6.45) is 3.99. The van der Waals surface area contributed by atoms with Crippen LogP contribution in [0.5, 0.6) is 0 Å². The van der Waals surface area contributed by atoms with Gasteiger partial charge in [0.15, 0.2) is 12.3 Å². The summed E-state index contributed by atoms with van der Waals surface area (Å²) in [4.78, 5) is 26.7. The SMILES string of the molecule is C[C@@]1(CO)[C@H](O)CC[C@@]2(C)[C@H]1CC[C@H]1C[C@@H]3C[C@@]12CC[C@]3(O)CO.NCC(=O)O[C@H]1[C@H](O)[C@@H](CO)O[C@H]1n1ccc(N)nc1=O. The third kappa shape index (κ3) is 5.40. The van der Waals surface area contributed by atoms with Gasteiger partial charge in [-0.1, -0.05) is 13.8 Å². The van der Waals surface area contributed by atoms with E-state index in [9.17, 15) is 35.1 Å². The van der Waals surface area contributed by atoms with Crippen LogP contribution >= 0.6 is 0 Å². The van der Waals surface area contributed by atoms with Crippen LogP contribution in [0, 0.1) is 34.0 Å². The minimum absolute atomic E-state index is 0.0176. The van der Waals surface area contributed by atoms with E-state index in [4.69, 9.17) is 26.0 Å². The summed E-state index contributed by atoms with van der Waals surface area (Å²) < 4.78 is 11.4. The van der Waals surface area contributed by atoms with E-state index < -0.39 is 66.5 Å². The van der Waals surface area contributed by atoms with Crippen molar-refractivity contribution in [1.82, 2.24) is 9.55 Å². The normalized spacial score (nSPS) is 45.2. The molecule has 6 rings (SSSR count). The second kappa shape index (κ2) is 12.5. The van der Waals surface area contributed by atoms with Crippen LogP contribution < -0.4 is 17.2 Å². The highest BCUT2D eigenvalue weighted by molar-refractivity contribution is 5.71. The number of aliphatic hydroxyl groups excluding tert-OH is 5. The molecular weight excluding hydrogens is 588 g/mol. The van der Waals surface area contributed by atoms with Gasteiger partial charge in [-0.15, -0.1) is 0 Å². The summed E-state index contributed by atoms with van der Waals surface area (Å²) in [7, 11) is 0. The van der Waals surface area contributed by atoms with Crippen molar-refractivity contribution >= 4 is 11.8 Å². The monoisotopic (exact) mass is 638 g/mol. The number of nitrogens with two attached hydrogens (primary N) is 2. The Balaban J connectivity index is 0.000000180. The molecule has 0 aromatic carbocycles. The Morgan fingerprint density at radius 2 is 1.84 bits per heavy atom. The zero-order valence-corrected chi connectivity index (χ0v) is 26.1. The zero-order chi connectivity index (χ0) is 32.9. The Morgan fingerprint density at radius 1 is 1.11 bits per heavy atom. The topological polar surface area (TPSA) is 244 Å². The molecule has 1 spiro atoms. The lowest BCUT2D eigenvalue weighted by molar-refractivity contribution is -0.216. The number of hydrogen-bond donors (Lipinski definition) is 8. The lowest BCUT2D eigenvalue weighted by atomic mass is 9.39. The fourth-order valence-electron chi connectivity index (χ4n) is 9.97. The van der Waals surface area contributed by atoms with Gasteiger partial charge in [0.2, 0.25) is 0 Å². The van der Waals surface area contributed by atoms with Crippen LogP contribution in [-0.4, -0.2) is 103 Å². The van der Waals surface area contributed by atoms with Gasteiger partial charge in [0.1, 0.15) is 18.0 Å². The van der Waals surface area contributed by atoms with E-state index in [1.807, 2.05) is 0 Å². The van der Waals surface area contributed by atoms with Gasteiger partial charge < -0.3 is 51.6 Å². The van der Waals surface area contributed by atoms with Crippen molar-refractivity contribution in [3.8, 4) is 0 Å². The summed E-state index contributed by atoms with van der Waals surface area (Å²) in [6.45, 7) is 3.53. The van der Waals surface area contributed by atoms with E-state index in [0.29, 0.717) is 18.3 Å². The van der Waals surface area contributed by atoms with Gasteiger partial charge in [-0.05, 0) is 86.0 Å². The van der Waals surface area contributed by atoms with Crippen molar-refractivity contribution in [2.45, 2.75) is 101 Å². The van der Waals surface area contributed by atoms with Gasteiger partial charge in [0.25, 0.3) is 0 Å². The average Bonchev–Trinajstić information content (AvgIpc) is 3.53. The molecule has 5 fully saturated rings. The van der Waals surface area contributed by atoms with E-state index in [1.165, 1.54) is 12.3 Å². The largest absolute Gasteiger partial charge is 0.454 e. The lowest BCUT2D eigenvalue weighted by Gasteiger charge is -2.66. The fourth-order valence-corrected chi connectivity index (χ4v) is 9.97. The highest BCUT2D eigenvalue weighted by Gasteiger charge is 2.70. The van der Waals surface area contributed by atoms with E-state index in [2.05, 4.69) is 18.8 Å². The molecule has 1 aromatic rings.